The van der Waals surface area contributed by atoms with Gasteiger partial charge in [0.15, 0.2) is 0 Å². The lowest BCUT2D eigenvalue weighted by atomic mass is 10.1. The predicted octanol–water partition coefficient (Wildman–Crippen LogP) is 5.28. The van der Waals surface area contributed by atoms with Crippen LogP contribution in [0.4, 0.5) is 0 Å². The summed E-state index contributed by atoms with van der Waals surface area (Å²) >= 11 is 0. The summed E-state index contributed by atoms with van der Waals surface area (Å²) in [5.41, 5.74) is 0. The van der Waals surface area contributed by atoms with Crippen molar-refractivity contribution in [2.75, 3.05) is 7.11 Å². The van der Waals surface area contributed by atoms with Gasteiger partial charge in [-0.15, -0.1) is 0 Å². The molecule has 136 valence electrons. The van der Waals surface area contributed by atoms with Gasteiger partial charge >= 0.3 is 5.97 Å². The minimum atomic E-state index is -0.507. The number of carbonyl (C=O) groups is 1. The largest absolute Gasteiger partial charge is 0.469 e. The van der Waals surface area contributed by atoms with E-state index in [4.69, 9.17) is 0 Å². The maximum Gasteiger partial charge on any atom is 0.305 e. The number of ether oxygens (including phenoxy) is 1. The second-order valence-corrected chi connectivity index (χ2v) is 5.76. The third kappa shape index (κ3) is 16.8. The molecule has 24 heavy (non-hydrogen) atoms. The molecule has 3 heteroatoms. The smallest absolute Gasteiger partial charge is 0.305 e. The molecule has 0 fully saturated rings. The average Bonchev–Trinajstić information content (AvgIpc) is 2.58. The molecule has 1 atom stereocenters. The van der Waals surface area contributed by atoms with Crippen molar-refractivity contribution in [1.82, 2.24) is 0 Å². The summed E-state index contributed by atoms with van der Waals surface area (Å²) in [4.78, 5) is 10.9. The quantitative estimate of drug-likeness (QED) is 0.203. The third-order valence-corrected chi connectivity index (χ3v) is 3.54. The van der Waals surface area contributed by atoms with E-state index in [1.54, 1.807) is 6.08 Å². The number of unbranched alkanes of at least 4 members (excludes halogenated alkanes) is 3. The van der Waals surface area contributed by atoms with Gasteiger partial charge in [0.05, 0.1) is 13.2 Å². The Balaban J connectivity index is 3.62. The molecule has 0 radical (unpaired) electrons. The molecule has 0 aliphatic heterocycles. The molecule has 0 aromatic carbocycles. The molecule has 0 spiro atoms. The van der Waals surface area contributed by atoms with Gasteiger partial charge in [0, 0.05) is 6.42 Å². The van der Waals surface area contributed by atoms with E-state index in [-0.39, 0.29) is 5.97 Å². The van der Waals surface area contributed by atoms with Crippen molar-refractivity contribution in [2.45, 2.75) is 70.8 Å². The zero-order chi connectivity index (χ0) is 17.9. The molecule has 0 aliphatic rings. The number of hydrogen-bond donors (Lipinski definition) is 1. The lowest BCUT2D eigenvalue weighted by molar-refractivity contribution is -0.140. The van der Waals surface area contributed by atoms with Gasteiger partial charge in [-0.25, -0.2) is 0 Å². The Bertz CT molecular complexity index is 405. The van der Waals surface area contributed by atoms with Crippen LogP contribution in [0.3, 0.4) is 0 Å². The first-order chi connectivity index (χ1) is 11.7. The van der Waals surface area contributed by atoms with Crippen LogP contribution >= 0.6 is 0 Å². The van der Waals surface area contributed by atoms with Crippen LogP contribution in [0.15, 0.2) is 48.6 Å². The molecular formula is C21H34O3. The highest BCUT2D eigenvalue weighted by atomic mass is 16.5. The minimum Gasteiger partial charge on any atom is -0.469 e. The maximum atomic E-state index is 10.9. The first-order valence-corrected chi connectivity index (χ1v) is 9.08. The third-order valence-electron chi connectivity index (χ3n) is 3.54. The van der Waals surface area contributed by atoms with Crippen molar-refractivity contribution in [3.63, 3.8) is 0 Å². The second-order valence-electron chi connectivity index (χ2n) is 5.76. The Morgan fingerprint density at radius 2 is 1.71 bits per heavy atom. The fourth-order valence-electron chi connectivity index (χ4n) is 2.08. The van der Waals surface area contributed by atoms with E-state index in [9.17, 15) is 9.90 Å². The summed E-state index contributed by atoms with van der Waals surface area (Å²) in [5, 5.41) is 9.72. The lowest BCUT2D eigenvalue weighted by Crippen LogP contribution is -2.05. The molecule has 1 N–H and O–H groups in total. The van der Waals surface area contributed by atoms with Crippen molar-refractivity contribution < 1.29 is 14.6 Å². The Labute approximate surface area is 147 Å². The summed E-state index contributed by atoms with van der Waals surface area (Å²) in [5.74, 6) is -0.228. The standard InChI is InChI=1S/C21H34O3/c1-3-4-5-6-7-8-9-10-11-12-13-14-15-17-20(22)18-16-19-21(23)24-2/h7-8,10-11,13-15,17,20,22H,3-6,9,12,16,18-19H2,1-2H3/b8-7+,11-10+,14-13+,17-15-/t20-/m0/s1. The van der Waals surface area contributed by atoms with Gasteiger partial charge in [0.25, 0.3) is 0 Å². The zero-order valence-corrected chi connectivity index (χ0v) is 15.3. The van der Waals surface area contributed by atoms with Crippen LogP contribution in [0, 0.1) is 0 Å². The van der Waals surface area contributed by atoms with Crippen molar-refractivity contribution in [3.8, 4) is 0 Å². The van der Waals surface area contributed by atoms with Crippen molar-refractivity contribution in [1.29, 1.82) is 0 Å². The molecule has 0 aromatic heterocycles. The molecule has 0 aliphatic carbocycles. The monoisotopic (exact) mass is 334 g/mol. The van der Waals surface area contributed by atoms with Crippen molar-refractivity contribution in [2.24, 2.45) is 0 Å². The normalized spacial score (nSPS) is 13.6. The molecule has 0 unspecified atom stereocenters. The molecule has 0 heterocycles. The summed E-state index contributed by atoms with van der Waals surface area (Å²) in [6.45, 7) is 2.22. The number of rotatable bonds is 14. The summed E-state index contributed by atoms with van der Waals surface area (Å²) in [6.07, 6.45) is 24.4. The zero-order valence-electron chi connectivity index (χ0n) is 15.3. The molecule has 0 bridgehead atoms. The van der Waals surface area contributed by atoms with Crippen molar-refractivity contribution in [3.05, 3.63) is 48.6 Å². The number of hydrogen-bond acceptors (Lipinski definition) is 3. The first-order valence-electron chi connectivity index (χ1n) is 9.08. The maximum absolute atomic E-state index is 10.9. The van der Waals surface area contributed by atoms with Crippen LogP contribution in [0.2, 0.25) is 0 Å². The summed E-state index contributed by atoms with van der Waals surface area (Å²) in [6, 6.07) is 0. The summed E-state index contributed by atoms with van der Waals surface area (Å²) in [7, 11) is 1.38. The number of esters is 1. The fraction of sp³-hybridized carbons (Fsp3) is 0.571. The predicted molar refractivity (Wildman–Crippen MR) is 102 cm³/mol. The van der Waals surface area contributed by atoms with Crippen molar-refractivity contribution >= 4 is 5.97 Å². The number of aliphatic hydroxyl groups is 1. The van der Waals surface area contributed by atoms with Gasteiger partial charge in [-0.3, -0.25) is 4.79 Å². The topological polar surface area (TPSA) is 46.5 Å². The van der Waals surface area contributed by atoms with E-state index in [0.717, 1.165) is 12.8 Å². The highest BCUT2D eigenvalue weighted by Crippen LogP contribution is 2.03. The van der Waals surface area contributed by atoms with E-state index in [0.29, 0.717) is 19.3 Å². The molecule has 0 aromatic rings. The van der Waals surface area contributed by atoms with Gasteiger partial charge in [0.1, 0.15) is 0 Å². The average molecular weight is 335 g/mol. The van der Waals surface area contributed by atoms with E-state index in [1.165, 1.54) is 32.8 Å². The minimum absolute atomic E-state index is 0.228. The number of allylic oxidation sites excluding steroid dienone is 7. The Kier molecular flexibility index (Phi) is 16.5. The van der Waals surface area contributed by atoms with Crippen LogP contribution in [0.25, 0.3) is 0 Å². The molecular weight excluding hydrogens is 300 g/mol. The van der Waals surface area contributed by atoms with Crippen LogP contribution in [0.5, 0.6) is 0 Å². The molecule has 0 saturated carbocycles. The lowest BCUT2D eigenvalue weighted by Gasteiger charge is -2.03. The SMILES string of the molecule is CCCCC/C=C/C/C=C/C/C=C/C=C\[C@H](O)CCCC(=O)OC. The van der Waals surface area contributed by atoms with E-state index < -0.39 is 6.10 Å². The number of aliphatic hydroxyl groups excluding tert-OH is 1. The van der Waals surface area contributed by atoms with E-state index in [1.807, 2.05) is 12.2 Å². The fourth-order valence-corrected chi connectivity index (χ4v) is 2.08. The molecule has 0 saturated heterocycles. The first kappa shape index (κ1) is 22.4. The number of methoxy groups -OCH3 is 1. The molecule has 0 rings (SSSR count). The van der Waals surface area contributed by atoms with Crippen LogP contribution in [-0.2, 0) is 9.53 Å². The van der Waals surface area contributed by atoms with Gasteiger partial charge < -0.3 is 9.84 Å². The van der Waals surface area contributed by atoms with Gasteiger partial charge in [-0.2, -0.15) is 0 Å². The Hall–Kier alpha value is -1.61. The van der Waals surface area contributed by atoms with Gasteiger partial charge in [-0.1, -0.05) is 68.4 Å². The van der Waals surface area contributed by atoms with Gasteiger partial charge in [0.2, 0.25) is 0 Å². The van der Waals surface area contributed by atoms with Crippen LogP contribution < -0.4 is 0 Å². The highest BCUT2D eigenvalue weighted by molar-refractivity contribution is 5.68. The molecule has 3 nitrogen and oxygen atoms in total. The second kappa shape index (κ2) is 17.7. The summed E-state index contributed by atoms with van der Waals surface area (Å²) < 4.78 is 4.55. The Morgan fingerprint density at radius 3 is 2.42 bits per heavy atom. The van der Waals surface area contributed by atoms with E-state index in [2.05, 4.69) is 42.0 Å². The molecule has 0 amide bonds. The van der Waals surface area contributed by atoms with Crippen LogP contribution in [-0.4, -0.2) is 24.3 Å². The Morgan fingerprint density at radius 1 is 1.00 bits per heavy atom. The number of carbonyl (C=O) groups excluding carboxylic acids is 1. The van der Waals surface area contributed by atoms with Gasteiger partial charge in [-0.05, 0) is 38.5 Å². The van der Waals surface area contributed by atoms with Crippen LogP contribution in [0.1, 0.15) is 64.7 Å². The van der Waals surface area contributed by atoms with E-state index >= 15 is 0 Å². The highest BCUT2D eigenvalue weighted by Gasteiger charge is 2.02.